The quantitative estimate of drug-likeness (QED) is 0.359. The second-order valence-corrected chi connectivity index (χ2v) is 6.71. The number of urea groups is 1. The van der Waals surface area contributed by atoms with Gasteiger partial charge >= 0.3 is 11.5 Å². The fourth-order valence-corrected chi connectivity index (χ4v) is 2.95. The van der Waals surface area contributed by atoms with Crippen molar-refractivity contribution >= 4 is 51.7 Å². The van der Waals surface area contributed by atoms with Crippen LogP contribution in [-0.4, -0.2) is 16.5 Å². The van der Waals surface area contributed by atoms with Crippen LogP contribution in [-0.2, 0) is 0 Å². The van der Waals surface area contributed by atoms with Gasteiger partial charge in [0.25, 0.3) is 0 Å². The molecule has 1 heterocycles. The Bertz CT molecular complexity index is 957. The Morgan fingerprint density at radius 1 is 1.12 bits per heavy atom. The number of nitrogens with one attached hydrogen (secondary N) is 3. The summed E-state index contributed by atoms with van der Waals surface area (Å²) in [6.07, 6.45) is 1.48. The molecular formula is C16H10ClF4N3OS. The Morgan fingerprint density at radius 2 is 1.81 bits per heavy atom. The Labute approximate surface area is 153 Å². The highest BCUT2D eigenvalue weighted by Gasteiger charge is 2.29. The third kappa shape index (κ3) is 4.41. The summed E-state index contributed by atoms with van der Waals surface area (Å²) in [5.74, 6) is -0.625. The van der Waals surface area contributed by atoms with Gasteiger partial charge in [0.1, 0.15) is 5.82 Å². The molecule has 0 atom stereocenters. The van der Waals surface area contributed by atoms with E-state index < -0.39 is 17.4 Å². The summed E-state index contributed by atoms with van der Waals surface area (Å²) in [7, 11) is 0. The number of aromatic nitrogens is 1. The van der Waals surface area contributed by atoms with Gasteiger partial charge in [0.15, 0.2) is 0 Å². The van der Waals surface area contributed by atoms with Gasteiger partial charge in [-0.1, -0.05) is 11.6 Å². The number of carbonyl (C=O) groups excluding carboxylic acids is 1. The largest absolute Gasteiger partial charge is 0.446 e. The van der Waals surface area contributed by atoms with Gasteiger partial charge in [-0.3, -0.25) is 0 Å². The lowest BCUT2D eigenvalue weighted by Crippen LogP contribution is -2.19. The van der Waals surface area contributed by atoms with Gasteiger partial charge in [0.2, 0.25) is 0 Å². The Kier molecular flexibility index (Phi) is 5.01. The molecule has 3 aromatic rings. The lowest BCUT2D eigenvalue weighted by molar-refractivity contribution is -0.0328. The van der Waals surface area contributed by atoms with E-state index in [9.17, 15) is 22.4 Å². The van der Waals surface area contributed by atoms with E-state index in [1.165, 1.54) is 42.6 Å². The van der Waals surface area contributed by atoms with Gasteiger partial charge in [0.05, 0.1) is 10.7 Å². The monoisotopic (exact) mass is 403 g/mol. The maximum Gasteiger partial charge on any atom is 0.446 e. The normalized spacial score (nSPS) is 11.6. The van der Waals surface area contributed by atoms with E-state index in [-0.39, 0.29) is 21.7 Å². The third-order valence-electron chi connectivity index (χ3n) is 3.32. The van der Waals surface area contributed by atoms with Gasteiger partial charge < -0.3 is 15.6 Å². The number of hydrogen-bond donors (Lipinski definition) is 3. The van der Waals surface area contributed by atoms with Gasteiger partial charge in [-0.2, -0.15) is 13.2 Å². The smallest absolute Gasteiger partial charge is 0.359 e. The molecular weight excluding hydrogens is 394 g/mol. The Morgan fingerprint density at radius 3 is 2.46 bits per heavy atom. The Hall–Kier alpha value is -2.39. The SMILES string of the molecule is O=C(Nc1ccc(SC(F)(F)F)cc1)Nc1c[nH]c2cc(Cl)c(F)cc12. The molecule has 0 unspecified atom stereocenters. The number of H-pyrrole nitrogens is 1. The number of hydrogen-bond acceptors (Lipinski definition) is 2. The highest BCUT2D eigenvalue weighted by atomic mass is 35.5. The van der Waals surface area contributed by atoms with Crippen molar-refractivity contribution in [1.29, 1.82) is 0 Å². The number of anilines is 2. The first kappa shape index (κ1) is 18.4. The second kappa shape index (κ2) is 7.08. The second-order valence-electron chi connectivity index (χ2n) is 5.17. The summed E-state index contributed by atoms with van der Waals surface area (Å²) < 4.78 is 50.5. The van der Waals surface area contributed by atoms with Gasteiger partial charge in [-0.15, -0.1) is 0 Å². The van der Waals surface area contributed by atoms with Crippen LogP contribution in [0, 0.1) is 5.82 Å². The number of halogens is 5. The fraction of sp³-hybridized carbons (Fsp3) is 0.0625. The van der Waals surface area contributed by atoms with Crippen LogP contribution in [0.15, 0.2) is 47.5 Å². The standard InChI is InChI=1S/C16H10ClF4N3OS/c17-11-6-13-10(5-12(11)18)14(7-22-13)24-15(25)23-8-1-3-9(4-2-8)26-16(19,20)21/h1-7,22H,(H2,23,24,25). The summed E-state index contributed by atoms with van der Waals surface area (Å²) in [6.45, 7) is 0. The third-order valence-corrected chi connectivity index (χ3v) is 4.35. The van der Waals surface area contributed by atoms with E-state index in [1.807, 2.05) is 0 Å². The number of fused-ring (bicyclic) bond motifs is 1. The number of amides is 2. The molecule has 4 nitrogen and oxygen atoms in total. The molecule has 2 aromatic carbocycles. The van der Waals surface area contributed by atoms with E-state index in [0.717, 1.165) is 0 Å². The minimum Gasteiger partial charge on any atom is -0.359 e. The summed E-state index contributed by atoms with van der Waals surface area (Å²) in [4.78, 5) is 14.9. The molecule has 10 heteroatoms. The highest BCUT2D eigenvalue weighted by molar-refractivity contribution is 8.00. The van der Waals surface area contributed by atoms with Crippen LogP contribution in [0.5, 0.6) is 0 Å². The molecule has 2 amide bonds. The average molecular weight is 404 g/mol. The molecule has 3 N–H and O–H groups in total. The number of aromatic amines is 1. The first-order valence-corrected chi connectivity index (χ1v) is 8.31. The Balaban J connectivity index is 1.68. The molecule has 0 spiro atoms. The first-order chi connectivity index (χ1) is 12.2. The zero-order chi connectivity index (χ0) is 18.9. The number of rotatable bonds is 3. The van der Waals surface area contributed by atoms with Crippen molar-refractivity contribution in [3.8, 4) is 0 Å². The van der Waals surface area contributed by atoms with E-state index in [1.54, 1.807) is 0 Å². The van der Waals surface area contributed by atoms with Crippen molar-refractivity contribution in [2.45, 2.75) is 10.4 Å². The summed E-state index contributed by atoms with van der Waals surface area (Å²) in [6, 6.07) is 7.15. The first-order valence-electron chi connectivity index (χ1n) is 7.11. The molecule has 0 aliphatic rings. The highest BCUT2D eigenvalue weighted by Crippen LogP contribution is 2.37. The van der Waals surface area contributed by atoms with Crippen LogP contribution in [0.4, 0.5) is 33.7 Å². The number of thioether (sulfide) groups is 1. The van der Waals surface area contributed by atoms with Gasteiger partial charge in [0, 0.05) is 27.7 Å². The molecule has 0 saturated heterocycles. The van der Waals surface area contributed by atoms with Crippen molar-refractivity contribution in [2.75, 3.05) is 10.6 Å². The maximum absolute atomic E-state index is 13.6. The molecule has 0 saturated carbocycles. The van der Waals surface area contributed by atoms with Gasteiger partial charge in [-0.05, 0) is 48.2 Å². The average Bonchev–Trinajstić information content (AvgIpc) is 2.90. The van der Waals surface area contributed by atoms with Crippen molar-refractivity contribution in [2.24, 2.45) is 0 Å². The molecule has 0 fully saturated rings. The molecule has 0 aliphatic heterocycles. The molecule has 1 aromatic heterocycles. The molecule has 0 radical (unpaired) electrons. The predicted octanol–water partition coefficient (Wildman–Crippen LogP) is 6.22. The minimum absolute atomic E-state index is 0.00689. The lowest BCUT2D eigenvalue weighted by atomic mass is 10.2. The topological polar surface area (TPSA) is 56.9 Å². The lowest BCUT2D eigenvalue weighted by Gasteiger charge is -2.09. The number of alkyl halides is 3. The number of carbonyl (C=O) groups is 1. The zero-order valence-corrected chi connectivity index (χ0v) is 14.3. The van der Waals surface area contributed by atoms with Crippen LogP contribution < -0.4 is 10.6 Å². The predicted molar refractivity (Wildman–Crippen MR) is 94.3 cm³/mol. The van der Waals surface area contributed by atoms with Crippen molar-refractivity contribution < 1.29 is 22.4 Å². The molecule has 26 heavy (non-hydrogen) atoms. The van der Waals surface area contributed by atoms with Crippen LogP contribution in [0.25, 0.3) is 10.9 Å². The van der Waals surface area contributed by atoms with E-state index in [4.69, 9.17) is 11.6 Å². The van der Waals surface area contributed by atoms with Crippen LogP contribution in [0.3, 0.4) is 0 Å². The van der Waals surface area contributed by atoms with Crippen LogP contribution in [0.2, 0.25) is 5.02 Å². The maximum atomic E-state index is 13.6. The molecule has 0 bridgehead atoms. The van der Waals surface area contributed by atoms with E-state index >= 15 is 0 Å². The van der Waals surface area contributed by atoms with Crippen molar-refractivity contribution in [3.63, 3.8) is 0 Å². The molecule has 136 valence electrons. The van der Waals surface area contributed by atoms with Crippen LogP contribution >= 0.6 is 23.4 Å². The summed E-state index contributed by atoms with van der Waals surface area (Å²) >= 11 is 5.45. The van der Waals surface area contributed by atoms with Crippen molar-refractivity contribution in [3.05, 3.63) is 53.4 Å². The van der Waals surface area contributed by atoms with E-state index in [0.29, 0.717) is 22.3 Å². The molecule has 3 rings (SSSR count). The van der Waals surface area contributed by atoms with Crippen molar-refractivity contribution in [1.82, 2.24) is 4.98 Å². The summed E-state index contributed by atoms with van der Waals surface area (Å²) in [5.41, 5.74) is -3.19. The minimum atomic E-state index is -4.38. The van der Waals surface area contributed by atoms with E-state index in [2.05, 4.69) is 15.6 Å². The van der Waals surface area contributed by atoms with Crippen LogP contribution in [0.1, 0.15) is 0 Å². The summed E-state index contributed by atoms with van der Waals surface area (Å²) in [5, 5.41) is 5.40. The number of benzene rings is 2. The van der Waals surface area contributed by atoms with Gasteiger partial charge in [-0.25, -0.2) is 9.18 Å². The molecule has 0 aliphatic carbocycles. The fourth-order valence-electron chi connectivity index (χ4n) is 2.24. The zero-order valence-electron chi connectivity index (χ0n) is 12.7.